The van der Waals surface area contributed by atoms with E-state index in [1.54, 1.807) is 0 Å². The SMILES string of the molecule is CC12C=CC3C=CC(C=C1)C32C. The molecule has 0 bridgehead atoms. The van der Waals surface area contributed by atoms with E-state index in [0.717, 1.165) is 0 Å². The highest BCUT2D eigenvalue weighted by molar-refractivity contribution is 5.41. The lowest BCUT2D eigenvalue weighted by molar-refractivity contribution is 0.153. The summed E-state index contributed by atoms with van der Waals surface area (Å²) in [6.07, 6.45) is 14.3. The molecule has 0 N–H and O–H groups in total. The average molecular weight is 158 g/mol. The first kappa shape index (κ1) is 6.71. The Morgan fingerprint density at radius 1 is 0.833 bits per heavy atom. The van der Waals surface area contributed by atoms with Crippen LogP contribution in [-0.2, 0) is 0 Å². The molecule has 0 spiro atoms. The Morgan fingerprint density at radius 3 is 1.83 bits per heavy atom. The van der Waals surface area contributed by atoms with Crippen LogP contribution in [0.1, 0.15) is 13.8 Å². The summed E-state index contributed by atoms with van der Waals surface area (Å²) in [7, 11) is 0. The topological polar surface area (TPSA) is 0 Å². The van der Waals surface area contributed by atoms with Gasteiger partial charge in [0.2, 0.25) is 0 Å². The Morgan fingerprint density at radius 2 is 1.33 bits per heavy atom. The summed E-state index contributed by atoms with van der Waals surface area (Å²) in [6, 6.07) is 0. The monoisotopic (exact) mass is 158 g/mol. The Bertz CT molecular complexity index is 293. The van der Waals surface area contributed by atoms with Crippen molar-refractivity contribution in [3.63, 3.8) is 0 Å². The number of allylic oxidation sites excluding steroid dienone is 6. The normalized spacial score (nSPS) is 58.5. The maximum atomic E-state index is 2.42. The molecule has 3 rings (SSSR count). The largest absolute Gasteiger partial charge is 0.0804 e. The molecule has 0 fully saturated rings. The molecule has 12 heavy (non-hydrogen) atoms. The summed E-state index contributed by atoms with van der Waals surface area (Å²) in [5.74, 6) is 1.37. The van der Waals surface area contributed by atoms with E-state index in [1.807, 2.05) is 0 Å². The smallest absolute Gasteiger partial charge is 0.0104 e. The first-order valence-electron chi connectivity index (χ1n) is 4.74. The van der Waals surface area contributed by atoms with Crippen LogP contribution in [0.4, 0.5) is 0 Å². The second-order valence-corrected chi connectivity index (χ2v) is 4.72. The summed E-state index contributed by atoms with van der Waals surface area (Å²) >= 11 is 0. The van der Waals surface area contributed by atoms with Gasteiger partial charge in [-0.15, -0.1) is 0 Å². The lowest BCUT2D eigenvalue weighted by Gasteiger charge is -2.38. The van der Waals surface area contributed by atoms with Crippen molar-refractivity contribution in [1.82, 2.24) is 0 Å². The standard InChI is InChI=1S/C12H14/c1-11-7-5-9-3-4-10(6-8-11)12(9,11)2/h3-10H,1-2H3. The van der Waals surface area contributed by atoms with E-state index < -0.39 is 0 Å². The zero-order chi connectivity index (χ0) is 8.40. The van der Waals surface area contributed by atoms with Crippen LogP contribution in [0.15, 0.2) is 36.5 Å². The van der Waals surface area contributed by atoms with Crippen molar-refractivity contribution in [1.29, 1.82) is 0 Å². The third-order valence-corrected chi connectivity index (χ3v) is 4.37. The van der Waals surface area contributed by atoms with E-state index in [9.17, 15) is 0 Å². The zero-order valence-corrected chi connectivity index (χ0v) is 7.62. The van der Waals surface area contributed by atoms with Gasteiger partial charge in [0.1, 0.15) is 0 Å². The van der Waals surface area contributed by atoms with Crippen molar-refractivity contribution in [2.24, 2.45) is 22.7 Å². The predicted molar refractivity (Wildman–Crippen MR) is 50.6 cm³/mol. The van der Waals surface area contributed by atoms with Crippen LogP contribution in [0.5, 0.6) is 0 Å². The van der Waals surface area contributed by atoms with Gasteiger partial charge in [0, 0.05) is 17.3 Å². The molecule has 0 aliphatic heterocycles. The quantitative estimate of drug-likeness (QED) is 0.475. The molecule has 62 valence electrons. The van der Waals surface area contributed by atoms with Crippen LogP contribution in [0, 0.1) is 22.7 Å². The van der Waals surface area contributed by atoms with Gasteiger partial charge in [-0.1, -0.05) is 50.3 Å². The Kier molecular flexibility index (Phi) is 0.900. The highest BCUT2D eigenvalue weighted by atomic mass is 14.6. The van der Waals surface area contributed by atoms with Crippen LogP contribution >= 0.6 is 0 Å². The molecule has 0 radical (unpaired) electrons. The van der Waals surface area contributed by atoms with Crippen molar-refractivity contribution >= 4 is 0 Å². The number of rotatable bonds is 0. The highest BCUT2D eigenvalue weighted by Gasteiger charge is 2.57. The minimum atomic E-state index is 0.325. The molecule has 0 nitrogen and oxygen atoms in total. The van der Waals surface area contributed by atoms with Gasteiger partial charge < -0.3 is 0 Å². The van der Waals surface area contributed by atoms with Gasteiger partial charge in [0.05, 0.1) is 0 Å². The van der Waals surface area contributed by atoms with Crippen LogP contribution in [-0.4, -0.2) is 0 Å². The molecule has 0 aromatic rings. The van der Waals surface area contributed by atoms with Gasteiger partial charge >= 0.3 is 0 Å². The fourth-order valence-corrected chi connectivity index (χ4v) is 3.13. The van der Waals surface area contributed by atoms with Crippen molar-refractivity contribution < 1.29 is 0 Å². The maximum absolute atomic E-state index is 2.42. The fourth-order valence-electron chi connectivity index (χ4n) is 3.13. The second-order valence-electron chi connectivity index (χ2n) is 4.72. The summed E-state index contributed by atoms with van der Waals surface area (Å²) in [5, 5.41) is 0. The first-order valence-corrected chi connectivity index (χ1v) is 4.74. The summed E-state index contributed by atoms with van der Waals surface area (Å²) in [4.78, 5) is 0. The summed E-state index contributed by atoms with van der Waals surface area (Å²) in [5.41, 5.74) is 0.763. The number of hydrogen-bond acceptors (Lipinski definition) is 0. The lowest BCUT2D eigenvalue weighted by atomic mass is 9.64. The predicted octanol–water partition coefficient (Wildman–Crippen LogP) is 2.94. The van der Waals surface area contributed by atoms with Gasteiger partial charge in [-0.2, -0.15) is 0 Å². The van der Waals surface area contributed by atoms with E-state index in [-0.39, 0.29) is 0 Å². The van der Waals surface area contributed by atoms with Crippen LogP contribution in [0.3, 0.4) is 0 Å². The lowest BCUT2D eigenvalue weighted by Crippen LogP contribution is -2.34. The molecule has 0 heteroatoms. The maximum Gasteiger partial charge on any atom is 0.0104 e. The Labute approximate surface area is 73.7 Å². The van der Waals surface area contributed by atoms with Crippen molar-refractivity contribution in [2.75, 3.05) is 0 Å². The highest BCUT2D eigenvalue weighted by Crippen LogP contribution is 2.64. The van der Waals surface area contributed by atoms with Crippen molar-refractivity contribution in [2.45, 2.75) is 13.8 Å². The average Bonchev–Trinajstić information content (AvgIpc) is 2.56. The van der Waals surface area contributed by atoms with Gasteiger partial charge in [-0.05, 0) is 5.41 Å². The molecule has 0 heterocycles. The van der Waals surface area contributed by atoms with Gasteiger partial charge in [-0.3, -0.25) is 0 Å². The second kappa shape index (κ2) is 1.61. The fraction of sp³-hybridized carbons (Fsp3) is 0.500. The molecule has 0 saturated carbocycles. The molecule has 0 saturated heterocycles. The summed E-state index contributed by atoms with van der Waals surface area (Å²) in [6.45, 7) is 4.77. The molecule has 3 aliphatic rings. The van der Waals surface area contributed by atoms with Gasteiger partial charge in [-0.25, -0.2) is 0 Å². The number of hydrogen-bond donors (Lipinski definition) is 0. The Hall–Kier alpha value is -0.780. The van der Waals surface area contributed by atoms with E-state index in [1.165, 1.54) is 0 Å². The minimum absolute atomic E-state index is 0.325. The van der Waals surface area contributed by atoms with E-state index in [2.05, 4.69) is 50.3 Å². The van der Waals surface area contributed by atoms with E-state index >= 15 is 0 Å². The first-order chi connectivity index (χ1) is 5.67. The van der Waals surface area contributed by atoms with Gasteiger partial charge in [0.15, 0.2) is 0 Å². The van der Waals surface area contributed by atoms with Crippen LogP contribution < -0.4 is 0 Å². The molecule has 3 aliphatic carbocycles. The van der Waals surface area contributed by atoms with E-state index in [0.29, 0.717) is 22.7 Å². The van der Waals surface area contributed by atoms with Crippen molar-refractivity contribution in [3.05, 3.63) is 36.5 Å². The molecular weight excluding hydrogens is 144 g/mol. The molecule has 0 amide bonds. The van der Waals surface area contributed by atoms with E-state index in [4.69, 9.17) is 0 Å². The minimum Gasteiger partial charge on any atom is -0.0804 e. The molecule has 0 aromatic carbocycles. The zero-order valence-electron chi connectivity index (χ0n) is 7.62. The molecule has 0 aromatic heterocycles. The molecule has 2 unspecified atom stereocenters. The van der Waals surface area contributed by atoms with Gasteiger partial charge in [0.25, 0.3) is 0 Å². The molecule has 2 atom stereocenters. The third-order valence-electron chi connectivity index (χ3n) is 4.37. The molecular formula is C12H14. The van der Waals surface area contributed by atoms with Crippen LogP contribution in [0.25, 0.3) is 0 Å². The Balaban J connectivity index is 2.25. The van der Waals surface area contributed by atoms with Crippen molar-refractivity contribution in [3.8, 4) is 0 Å². The van der Waals surface area contributed by atoms with Crippen LogP contribution in [0.2, 0.25) is 0 Å². The summed E-state index contributed by atoms with van der Waals surface area (Å²) < 4.78 is 0. The third kappa shape index (κ3) is 0.450.